The van der Waals surface area contributed by atoms with E-state index in [4.69, 9.17) is 16.2 Å². The lowest BCUT2D eigenvalue weighted by atomic mass is 9.83. The molecule has 5 aromatic rings. The Morgan fingerprint density at radius 3 is 2.67 bits per heavy atom. The highest BCUT2D eigenvalue weighted by Gasteiger charge is 2.32. The normalized spacial score (nSPS) is 16.1. The van der Waals surface area contributed by atoms with E-state index >= 15 is 0 Å². The van der Waals surface area contributed by atoms with Crippen LogP contribution in [0, 0.1) is 18.2 Å². The number of benzene rings is 4. The monoisotopic (exact) mass is 542 g/mol. The molecule has 194 valence electrons. The number of aromatic nitrogens is 1. The predicted molar refractivity (Wildman–Crippen MR) is 157 cm³/mol. The Kier molecular flexibility index (Phi) is 5.95. The Hall–Kier alpha value is -4.73. The molecular formula is C34H23FN2O2S. The van der Waals surface area contributed by atoms with E-state index in [0.717, 1.165) is 51.6 Å². The Morgan fingerprint density at radius 1 is 1.02 bits per heavy atom. The number of hydrogen-bond donors (Lipinski definition) is 0. The molecule has 1 unspecified atom stereocenters. The van der Waals surface area contributed by atoms with Crippen LogP contribution in [0.15, 0.2) is 100 Å². The summed E-state index contributed by atoms with van der Waals surface area (Å²) in [6.07, 6.45) is 8.99. The summed E-state index contributed by atoms with van der Waals surface area (Å²) < 4.78 is 22.1. The summed E-state index contributed by atoms with van der Waals surface area (Å²) in [6.45, 7) is 0.122. The first kappa shape index (κ1) is 24.3. The van der Waals surface area contributed by atoms with Crippen LogP contribution in [0.1, 0.15) is 34.7 Å². The van der Waals surface area contributed by atoms with E-state index in [1.807, 2.05) is 54.6 Å². The van der Waals surface area contributed by atoms with Gasteiger partial charge in [0.2, 0.25) is 0 Å². The van der Waals surface area contributed by atoms with Crippen LogP contribution in [-0.2, 0) is 6.42 Å². The van der Waals surface area contributed by atoms with E-state index in [9.17, 15) is 9.18 Å². The summed E-state index contributed by atoms with van der Waals surface area (Å²) >= 11 is 1.35. The standard InChI is InChI=1S/C34H23FN2O2S/c1-2-19-39-29-18-14-21-7-3-5-9-25(21)28(29)20-30-33(38)37-32(23-11-15-24(35)16-12-23)27-17-13-22-8-4-6-10-26(22)31(27)36-34(37)40-30/h1,3-12,14-16,18,20,32H,13,17,19H2/b30-20-. The summed E-state index contributed by atoms with van der Waals surface area (Å²) in [5.74, 6) is 2.83. The molecule has 2 aliphatic rings. The highest BCUT2D eigenvalue weighted by molar-refractivity contribution is 7.07. The van der Waals surface area contributed by atoms with Crippen molar-refractivity contribution in [3.8, 4) is 18.1 Å². The van der Waals surface area contributed by atoms with Gasteiger partial charge in [-0.05, 0) is 64.6 Å². The third kappa shape index (κ3) is 3.98. The van der Waals surface area contributed by atoms with Crippen LogP contribution in [0.2, 0.25) is 0 Å². The molecule has 0 spiro atoms. The lowest BCUT2D eigenvalue weighted by molar-refractivity contribution is 0.370. The van der Waals surface area contributed by atoms with Gasteiger partial charge in [0.15, 0.2) is 4.80 Å². The number of ether oxygens (including phenoxy) is 1. The Morgan fingerprint density at radius 2 is 1.82 bits per heavy atom. The molecule has 0 saturated heterocycles. The van der Waals surface area contributed by atoms with Gasteiger partial charge >= 0.3 is 0 Å². The Bertz CT molecular complexity index is 2060. The number of aryl methyl sites for hydroxylation is 1. The molecule has 1 atom stereocenters. The lowest BCUT2D eigenvalue weighted by Gasteiger charge is -2.30. The van der Waals surface area contributed by atoms with Gasteiger partial charge in [-0.1, -0.05) is 84.0 Å². The van der Waals surface area contributed by atoms with Crippen LogP contribution in [-0.4, -0.2) is 11.2 Å². The van der Waals surface area contributed by atoms with Crippen LogP contribution in [0.5, 0.6) is 5.75 Å². The van der Waals surface area contributed by atoms with E-state index in [0.29, 0.717) is 15.1 Å². The second kappa shape index (κ2) is 9.78. The zero-order valence-electron chi connectivity index (χ0n) is 21.4. The maximum Gasteiger partial charge on any atom is 0.271 e. The molecule has 1 aliphatic carbocycles. The number of hydrogen-bond acceptors (Lipinski definition) is 4. The maximum absolute atomic E-state index is 14.2. The van der Waals surface area contributed by atoms with Gasteiger partial charge in [-0.2, -0.15) is 0 Å². The summed E-state index contributed by atoms with van der Waals surface area (Å²) in [5, 5.41) is 2.00. The lowest BCUT2D eigenvalue weighted by Crippen LogP contribution is -2.38. The molecule has 1 aliphatic heterocycles. The minimum absolute atomic E-state index is 0.122. The van der Waals surface area contributed by atoms with Gasteiger partial charge in [-0.15, -0.1) is 6.42 Å². The van der Waals surface area contributed by atoms with E-state index < -0.39 is 0 Å². The number of nitrogens with zero attached hydrogens (tertiary/aromatic N) is 2. The summed E-state index contributed by atoms with van der Waals surface area (Å²) in [4.78, 5) is 19.8. The molecule has 0 amide bonds. The molecule has 1 aromatic heterocycles. The second-order valence-electron chi connectivity index (χ2n) is 9.86. The topological polar surface area (TPSA) is 43.6 Å². The molecule has 0 N–H and O–H groups in total. The van der Waals surface area contributed by atoms with Crippen LogP contribution in [0.4, 0.5) is 4.39 Å². The predicted octanol–water partition coefficient (Wildman–Crippen LogP) is 5.62. The van der Waals surface area contributed by atoms with Crippen molar-refractivity contribution < 1.29 is 9.13 Å². The van der Waals surface area contributed by atoms with Gasteiger partial charge in [0.1, 0.15) is 18.2 Å². The number of terminal acetylenes is 1. The molecule has 4 nitrogen and oxygen atoms in total. The van der Waals surface area contributed by atoms with Crippen LogP contribution in [0.25, 0.3) is 22.5 Å². The fraction of sp³-hybridized carbons (Fsp3) is 0.118. The van der Waals surface area contributed by atoms with Gasteiger partial charge < -0.3 is 4.74 Å². The molecule has 0 radical (unpaired) electrons. The Balaban J connectivity index is 1.50. The van der Waals surface area contributed by atoms with E-state index in [2.05, 4.69) is 18.1 Å². The minimum Gasteiger partial charge on any atom is -0.480 e. The van der Waals surface area contributed by atoms with Crippen LogP contribution in [0.3, 0.4) is 0 Å². The van der Waals surface area contributed by atoms with Gasteiger partial charge in [-0.25, -0.2) is 9.38 Å². The first-order chi connectivity index (χ1) is 19.6. The van der Waals surface area contributed by atoms with Crippen molar-refractivity contribution in [2.75, 3.05) is 6.61 Å². The zero-order chi connectivity index (χ0) is 27.2. The number of rotatable bonds is 4. The fourth-order valence-electron chi connectivity index (χ4n) is 5.77. The van der Waals surface area contributed by atoms with Crippen molar-refractivity contribution in [1.29, 1.82) is 0 Å². The highest BCUT2D eigenvalue weighted by atomic mass is 32.1. The molecule has 7 rings (SSSR count). The van der Waals surface area contributed by atoms with Crippen LogP contribution >= 0.6 is 11.3 Å². The zero-order valence-corrected chi connectivity index (χ0v) is 22.2. The van der Waals surface area contributed by atoms with Crippen LogP contribution < -0.4 is 19.6 Å². The van der Waals surface area contributed by atoms with Crippen molar-refractivity contribution in [3.05, 3.63) is 138 Å². The summed E-state index contributed by atoms with van der Waals surface area (Å²) in [7, 11) is 0. The highest BCUT2D eigenvalue weighted by Crippen LogP contribution is 2.41. The first-order valence-electron chi connectivity index (χ1n) is 13.1. The number of fused-ring (bicyclic) bond motifs is 4. The number of thiazole rings is 1. The number of allylic oxidation sites excluding steroid dienone is 1. The summed E-state index contributed by atoms with van der Waals surface area (Å²) in [5.41, 5.74) is 5.84. The molecule has 0 fully saturated rings. The van der Waals surface area contributed by atoms with Crippen molar-refractivity contribution in [1.82, 2.24) is 4.57 Å². The van der Waals surface area contributed by atoms with Gasteiger partial charge in [0.05, 0.1) is 16.3 Å². The van der Waals surface area contributed by atoms with E-state index in [1.54, 1.807) is 16.7 Å². The van der Waals surface area contributed by atoms with Gasteiger partial charge in [0.25, 0.3) is 5.56 Å². The molecule has 2 heterocycles. The van der Waals surface area contributed by atoms with Gasteiger partial charge in [-0.3, -0.25) is 9.36 Å². The second-order valence-corrected chi connectivity index (χ2v) is 10.9. The maximum atomic E-state index is 14.2. The van der Waals surface area contributed by atoms with Crippen molar-refractivity contribution in [2.45, 2.75) is 18.9 Å². The van der Waals surface area contributed by atoms with Crippen molar-refractivity contribution in [2.24, 2.45) is 4.99 Å². The third-order valence-electron chi connectivity index (χ3n) is 7.58. The average molecular weight is 543 g/mol. The van der Waals surface area contributed by atoms with E-state index in [1.165, 1.54) is 29.0 Å². The average Bonchev–Trinajstić information content (AvgIpc) is 3.30. The van der Waals surface area contributed by atoms with Gasteiger partial charge in [0, 0.05) is 11.1 Å². The number of halogens is 1. The Labute approximate surface area is 234 Å². The molecule has 6 heteroatoms. The van der Waals surface area contributed by atoms with E-state index in [-0.39, 0.29) is 24.0 Å². The van der Waals surface area contributed by atoms with Crippen molar-refractivity contribution >= 4 is 33.9 Å². The summed E-state index contributed by atoms with van der Waals surface area (Å²) in [6, 6.07) is 26.2. The minimum atomic E-state index is -0.368. The largest absolute Gasteiger partial charge is 0.480 e. The smallest absolute Gasteiger partial charge is 0.271 e. The fourth-order valence-corrected chi connectivity index (χ4v) is 6.75. The van der Waals surface area contributed by atoms with Crippen molar-refractivity contribution in [3.63, 3.8) is 0 Å². The third-order valence-corrected chi connectivity index (χ3v) is 8.56. The first-order valence-corrected chi connectivity index (χ1v) is 13.9. The molecule has 0 bridgehead atoms. The molecule has 40 heavy (non-hydrogen) atoms. The molecule has 4 aromatic carbocycles. The quantitative estimate of drug-likeness (QED) is 0.277. The molecule has 0 saturated carbocycles. The molecular weight excluding hydrogens is 519 g/mol. The SMILES string of the molecule is C#CCOc1ccc2ccccc2c1/C=c1\sc2n(c1=O)C(c1ccc(F)cc1)C1=C(N=2)c2ccccc2CC1.